The SMILES string of the molecule is CC1(C)CCC(CN(CCO)CC(F)F)C1=O. The number of alkyl halides is 2. The van der Waals surface area contributed by atoms with E-state index in [0.717, 1.165) is 12.8 Å². The van der Waals surface area contributed by atoms with Gasteiger partial charge < -0.3 is 5.11 Å². The van der Waals surface area contributed by atoms with Crippen LogP contribution in [0.5, 0.6) is 0 Å². The van der Waals surface area contributed by atoms with Crippen LogP contribution in [-0.2, 0) is 4.79 Å². The first-order valence-electron chi connectivity index (χ1n) is 6.02. The molecule has 0 heterocycles. The topological polar surface area (TPSA) is 40.5 Å². The van der Waals surface area contributed by atoms with E-state index in [-0.39, 0.29) is 36.8 Å². The highest BCUT2D eigenvalue weighted by atomic mass is 19.3. The van der Waals surface area contributed by atoms with E-state index >= 15 is 0 Å². The molecule has 1 aliphatic carbocycles. The third-order valence-electron chi connectivity index (χ3n) is 3.45. The second-order valence-electron chi connectivity index (χ2n) is 5.36. The van der Waals surface area contributed by atoms with E-state index in [1.807, 2.05) is 13.8 Å². The number of ketones is 1. The minimum Gasteiger partial charge on any atom is -0.395 e. The zero-order valence-corrected chi connectivity index (χ0v) is 10.5. The van der Waals surface area contributed by atoms with Crippen LogP contribution in [0.1, 0.15) is 26.7 Å². The maximum atomic E-state index is 12.3. The van der Waals surface area contributed by atoms with E-state index in [9.17, 15) is 13.6 Å². The number of halogens is 2. The molecule has 0 aromatic rings. The van der Waals surface area contributed by atoms with Crippen molar-refractivity contribution in [2.24, 2.45) is 11.3 Å². The monoisotopic (exact) mass is 249 g/mol. The minimum atomic E-state index is -2.42. The van der Waals surface area contributed by atoms with E-state index in [4.69, 9.17) is 5.11 Å². The second kappa shape index (κ2) is 5.87. The van der Waals surface area contributed by atoms with Crippen LogP contribution in [0.3, 0.4) is 0 Å². The number of aliphatic hydroxyl groups excluding tert-OH is 1. The van der Waals surface area contributed by atoms with Crippen LogP contribution in [0.2, 0.25) is 0 Å². The lowest BCUT2D eigenvalue weighted by Crippen LogP contribution is -2.38. The Kier molecular flexibility index (Phi) is 5.01. The third-order valence-corrected chi connectivity index (χ3v) is 3.45. The molecule has 0 saturated heterocycles. The summed E-state index contributed by atoms with van der Waals surface area (Å²) in [5.41, 5.74) is -0.319. The number of hydrogen-bond donors (Lipinski definition) is 1. The van der Waals surface area contributed by atoms with Crippen LogP contribution in [0.15, 0.2) is 0 Å². The maximum absolute atomic E-state index is 12.3. The first-order valence-corrected chi connectivity index (χ1v) is 6.02. The predicted molar refractivity (Wildman–Crippen MR) is 61.0 cm³/mol. The summed E-state index contributed by atoms with van der Waals surface area (Å²) in [6, 6.07) is 0. The number of rotatable bonds is 6. The molecule has 1 atom stereocenters. The number of hydrogen-bond acceptors (Lipinski definition) is 3. The zero-order chi connectivity index (χ0) is 13.1. The van der Waals surface area contributed by atoms with Crippen LogP contribution in [0.25, 0.3) is 0 Å². The van der Waals surface area contributed by atoms with Crippen molar-refractivity contribution in [3.63, 3.8) is 0 Å². The van der Waals surface area contributed by atoms with Gasteiger partial charge in [-0.1, -0.05) is 13.8 Å². The van der Waals surface area contributed by atoms with Gasteiger partial charge in [-0.05, 0) is 12.8 Å². The first kappa shape index (κ1) is 14.5. The summed E-state index contributed by atoms with van der Waals surface area (Å²) in [7, 11) is 0. The third kappa shape index (κ3) is 4.00. The lowest BCUT2D eigenvalue weighted by Gasteiger charge is -2.24. The molecule has 1 aliphatic rings. The van der Waals surface area contributed by atoms with Gasteiger partial charge in [0.2, 0.25) is 0 Å². The summed E-state index contributed by atoms with van der Waals surface area (Å²) in [6.45, 7) is 3.82. The molecule has 17 heavy (non-hydrogen) atoms. The van der Waals surface area contributed by atoms with Crippen molar-refractivity contribution in [1.82, 2.24) is 4.90 Å². The standard InChI is InChI=1S/C12H21F2NO2/c1-12(2)4-3-9(11(12)17)7-15(5-6-16)8-10(13)14/h9-10,16H,3-8H2,1-2H3. The second-order valence-corrected chi connectivity index (χ2v) is 5.36. The van der Waals surface area contributed by atoms with E-state index in [1.54, 1.807) is 0 Å². The van der Waals surface area contributed by atoms with Crippen molar-refractivity contribution in [2.45, 2.75) is 33.1 Å². The quantitative estimate of drug-likeness (QED) is 0.776. The normalized spacial score (nSPS) is 23.9. The van der Waals surface area contributed by atoms with Gasteiger partial charge in [0.1, 0.15) is 5.78 Å². The fourth-order valence-electron chi connectivity index (χ4n) is 2.42. The van der Waals surface area contributed by atoms with Crippen molar-refractivity contribution in [3.05, 3.63) is 0 Å². The molecule has 0 aromatic carbocycles. The Labute approximate surface area is 101 Å². The minimum absolute atomic E-state index is 0.156. The highest BCUT2D eigenvalue weighted by Gasteiger charge is 2.40. The molecule has 0 amide bonds. The summed E-state index contributed by atoms with van der Waals surface area (Å²) in [5, 5.41) is 8.82. The van der Waals surface area contributed by atoms with Gasteiger partial charge >= 0.3 is 0 Å². The lowest BCUT2D eigenvalue weighted by molar-refractivity contribution is -0.128. The van der Waals surface area contributed by atoms with E-state index in [1.165, 1.54) is 4.90 Å². The van der Waals surface area contributed by atoms with Crippen LogP contribution in [-0.4, -0.2) is 48.5 Å². The Balaban J connectivity index is 2.53. The Hall–Kier alpha value is -0.550. The van der Waals surface area contributed by atoms with E-state index in [2.05, 4.69) is 0 Å². The molecule has 0 radical (unpaired) electrons. The number of carbonyl (C=O) groups is 1. The Morgan fingerprint density at radius 1 is 1.53 bits per heavy atom. The largest absolute Gasteiger partial charge is 0.395 e. The number of aliphatic hydroxyl groups is 1. The molecule has 0 aliphatic heterocycles. The van der Waals surface area contributed by atoms with E-state index in [0.29, 0.717) is 6.54 Å². The molecule has 100 valence electrons. The number of Topliss-reactive ketones (excluding diaryl/α,β-unsaturated/α-hetero) is 1. The summed E-state index contributed by atoms with van der Waals surface area (Å²) in [5.74, 6) is 0.00464. The molecule has 0 bridgehead atoms. The molecule has 3 nitrogen and oxygen atoms in total. The van der Waals surface area contributed by atoms with Gasteiger partial charge in [-0.3, -0.25) is 9.69 Å². The van der Waals surface area contributed by atoms with E-state index < -0.39 is 6.43 Å². The Morgan fingerprint density at radius 2 is 2.18 bits per heavy atom. The van der Waals surface area contributed by atoms with Crippen LogP contribution in [0.4, 0.5) is 8.78 Å². The summed E-state index contributed by atoms with van der Waals surface area (Å²) >= 11 is 0. The van der Waals surface area contributed by atoms with Crippen molar-refractivity contribution >= 4 is 5.78 Å². The van der Waals surface area contributed by atoms with Gasteiger partial charge in [0.05, 0.1) is 13.2 Å². The first-order chi connectivity index (χ1) is 7.86. The smallest absolute Gasteiger partial charge is 0.251 e. The van der Waals surface area contributed by atoms with Crippen LogP contribution < -0.4 is 0 Å². The molecule has 0 aromatic heterocycles. The molecule has 1 rings (SSSR count). The van der Waals surface area contributed by atoms with Gasteiger partial charge in [-0.15, -0.1) is 0 Å². The number of carbonyl (C=O) groups excluding carboxylic acids is 1. The molecular weight excluding hydrogens is 228 g/mol. The Bertz CT molecular complexity index is 269. The highest BCUT2D eigenvalue weighted by Crippen LogP contribution is 2.37. The van der Waals surface area contributed by atoms with Crippen molar-refractivity contribution in [2.75, 3.05) is 26.2 Å². The zero-order valence-electron chi connectivity index (χ0n) is 10.5. The van der Waals surface area contributed by atoms with Crippen LogP contribution in [0, 0.1) is 11.3 Å². The molecular formula is C12H21F2NO2. The van der Waals surface area contributed by atoms with Gasteiger partial charge in [0, 0.05) is 24.4 Å². The maximum Gasteiger partial charge on any atom is 0.251 e. The molecule has 1 unspecified atom stereocenters. The highest BCUT2D eigenvalue weighted by molar-refractivity contribution is 5.88. The van der Waals surface area contributed by atoms with Crippen LogP contribution >= 0.6 is 0 Å². The van der Waals surface area contributed by atoms with Gasteiger partial charge in [0.15, 0.2) is 0 Å². The molecule has 1 N–H and O–H groups in total. The molecule has 1 fully saturated rings. The van der Waals surface area contributed by atoms with Gasteiger partial charge in [-0.2, -0.15) is 0 Å². The molecule has 0 spiro atoms. The fourth-order valence-corrected chi connectivity index (χ4v) is 2.42. The average Bonchev–Trinajstić information content (AvgIpc) is 2.45. The Morgan fingerprint density at radius 3 is 2.59 bits per heavy atom. The van der Waals surface area contributed by atoms with Gasteiger partial charge in [-0.25, -0.2) is 8.78 Å². The average molecular weight is 249 g/mol. The summed E-state index contributed by atoms with van der Waals surface area (Å²) < 4.78 is 24.6. The van der Waals surface area contributed by atoms with Gasteiger partial charge in [0.25, 0.3) is 6.43 Å². The van der Waals surface area contributed by atoms with Crippen molar-refractivity contribution in [1.29, 1.82) is 0 Å². The summed E-state index contributed by atoms with van der Waals surface area (Å²) in [6.07, 6.45) is -0.846. The van der Waals surface area contributed by atoms with Crippen molar-refractivity contribution < 1.29 is 18.7 Å². The number of nitrogens with zero attached hydrogens (tertiary/aromatic N) is 1. The van der Waals surface area contributed by atoms with Crippen molar-refractivity contribution in [3.8, 4) is 0 Å². The fraction of sp³-hybridized carbons (Fsp3) is 0.917. The molecule has 1 saturated carbocycles. The molecule has 5 heteroatoms. The summed E-state index contributed by atoms with van der Waals surface area (Å²) in [4.78, 5) is 13.5. The lowest BCUT2D eigenvalue weighted by atomic mass is 9.89. The predicted octanol–water partition coefficient (Wildman–Crippen LogP) is 1.55.